The number of hydroxylamine groups is 1. The molecule has 0 radical (unpaired) electrons. The zero-order chi connectivity index (χ0) is 26.4. The highest BCUT2D eigenvalue weighted by atomic mass is 16.6. The first-order valence-electron chi connectivity index (χ1n) is 12.6. The molecule has 0 unspecified atom stereocenters. The molecule has 196 valence electrons. The number of carbonyl (C=O) groups excluding carboxylic acids is 3. The summed E-state index contributed by atoms with van der Waals surface area (Å²) in [7, 11) is 0. The highest BCUT2D eigenvalue weighted by Crippen LogP contribution is 2.15. The monoisotopic (exact) mass is 497 g/mol. The van der Waals surface area contributed by atoms with Crippen LogP contribution in [-0.2, 0) is 9.53 Å². The van der Waals surface area contributed by atoms with Crippen LogP contribution in [0.2, 0.25) is 0 Å². The van der Waals surface area contributed by atoms with Gasteiger partial charge in [0.2, 0.25) is 0 Å². The van der Waals surface area contributed by atoms with E-state index in [0.29, 0.717) is 29.4 Å². The molecule has 0 aromatic heterocycles. The quantitative estimate of drug-likeness (QED) is 0.219. The van der Waals surface area contributed by atoms with E-state index >= 15 is 0 Å². The van der Waals surface area contributed by atoms with Crippen molar-refractivity contribution in [2.24, 2.45) is 0 Å². The standard InChI is InChI=1S/C28H39N3O5/c1-28(2,3)36-27(34)30(22-19-25(32)31(35)24-17-11-8-12-18-24)21-14-6-4-5-13-20-29-26(33)23-15-9-7-10-16-23/h7-12,15-18,35H,4-6,13-14,19-22H2,1-3H3,(H,29,33). The number of para-hydroxylation sites is 1. The van der Waals surface area contributed by atoms with Crippen molar-refractivity contribution in [3.8, 4) is 0 Å². The maximum absolute atomic E-state index is 12.7. The summed E-state index contributed by atoms with van der Waals surface area (Å²) in [6, 6.07) is 17.7. The van der Waals surface area contributed by atoms with Gasteiger partial charge in [-0.2, -0.15) is 5.06 Å². The number of hydrogen-bond acceptors (Lipinski definition) is 5. The number of ether oxygens (including phenoxy) is 1. The predicted molar refractivity (Wildman–Crippen MR) is 140 cm³/mol. The molecule has 8 nitrogen and oxygen atoms in total. The molecule has 0 spiro atoms. The van der Waals surface area contributed by atoms with Crippen LogP contribution in [0.4, 0.5) is 10.5 Å². The summed E-state index contributed by atoms with van der Waals surface area (Å²) < 4.78 is 5.51. The SMILES string of the molecule is CC(C)(C)OC(=O)N(CCCCCCCNC(=O)c1ccccc1)CCC(=O)N(O)c1ccccc1. The predicted octanol–water partition coefficient (Wildman–Crippen LogP) is 5.42. The molecule has 0 aliphatic rings. The second-order valence-electron chi connectivity index (χ2n) is 9.65. The van der Waals surface area contributed by atoms with E-state index in [0.717, 1.165) is 32.1 Å². The molecule has 0 atom stereocenters. The van der Waals surface area contributed by atoms with Crippen LogP contribution < -0.4 is 10.4 Å². The van der Waals surface area contributed by atoms with Crippen LogP contribution in [0.5, 0.6) is 0 Å². The average molecular weight is 498 g/mol. The third-order valence-electron chi connectivity index (χ3n) is 5.41. The number of anilines is 1. The van der Waals surface area contributed by atoms with E-state index < -0.39 is 17.6 Å². The fraction of sp³-hybridized carbons (Fsp3) is 0.464. The molecule has 8 heteroatoms. The Bertz CT molecular complexity index is 945. The summed E-state index contributed by atoms with van der Waals surface area (Å²) in [5.41, 5.74) is 0.397. The number of nitrogens with zero attached hydrogens (tertiary/aromatic N) is 2. The van der Waals surface area contributed by atoms with Crippen molar-refractivity contribution in [2.75, 3.05) is 24.7 Å². The van der Waals surface area contributed by atoms with Crippen molar-refractivity contribution in [2.45, 2.75) is 64.9 Å². The molecule has 2 N–H and O–H groups in total. The van der Waals surface area contributed by atoms with Crippen molar-refractivity contribution in [1.82, 2.24) is 10.2 Å². The largest absolute Gasteiger partial charge is 0.444 e. The molecule has 0 saturated carbocycles. The van der Waals surface area contributed by atoms with Crippen LogP contribution in [0, 0.1) is 0 Å². The summed E-state index contributed by atoms with van der Waals surface area (Å²) in [5, 5.41) is 13.7. The second-order valence-corrected chi connectivity index (χ2v) is 9.65. The minimum Gasteiger partial charge on any atom is -0.444 e. The van der Waals surface area contributed by atoms with Gasteiger partial charge in [-0.05, 0) is 57.9 Å². The van der Waals surface area contributed by atoms with Crippen LogP contribution in [0.1, 0.15) is 69.7 Å². The molecule has 2 rings (SSSR count). The number of amides is 3. The first kappa shape index (κ1) is 28.8. The number of carbonyl (C=O) groups is 3. The summed E-state index contributed by atoms with van der Waals surface area (Å²) in [4.78, 5) is 38.7. The second kappa shape index (κ2) is 14.9. The fourth-order valence-corrected chi connectivity index (χ4v) is 3.52. The summed E-state index contributed by atoms with van der Waals surface area (Å²) in [6.07, 6.45) is 4.02. The minimum absolute atomic E-state index is 0.0221. The lowest BCUT2D eigenvalue weighted by Crippen LogP contribution is -2.40. The van der Waals surface area contributed by atoms with Crippen LogP contribution in [0.3, 0.4) is 0 Å². The van der Waals surface area contributed by atoms with E-state index in [-0.39, 0.29) is 18.9 Å². The van der Waals surface area contributed by atoms with E-state index in [9.17, 15) is 19.6 Å². The Morgan fingerprint density at radius 3 is 2.06 bits per heavy atom. The van der Waals surface area contributed by atoms with Gasteiger partial charge in [-0.1, -0.05) is 55.7 Å². The summed E-state index contributed by atoms with van der Waals surface area (Å²) in [6.45, 7) is 6.65. The lowest BCUT2D eigenvalue weighted by molar-refractivity contribution is -0.123. The van der Waals surface area contributed by atoms with Gasteiger partial charge in [0.05, 0.1) is 5.69 Å². The molecule has 0 fully saturated rings. The Hall–Kier alpha value is -3.39. The molecule has 36 heavy (non-hydrogen) atoms. The number of nitrogens with one attached hydrogen (secondary N) is 1. The molecule has 0 heterocycles. The van der Waals surface area contributed by atoms with Gasteiger partial charge in [-0.3, -0.25) is 14.8 Å². The third kappa shape index (κ3) is 10.9. The van der Waals surface area contributed by atoms with Gasteiger partial charge in [-0.25, -0.2) is 4.79 Å². The van der Waals surface area contributed by atoms with Crippen LogP contribution in [0.15, 0.2) is 60.7 Å². The van der Waals surface area contributed by atoms with E-state index in [4.69, 9.17) is 4.74 Å². The van der Waals surface area contributed by atoms with Crippen molar-refractivity contribution < 1.29 is 24.3 Å². The van der Waals surface area contributed by atoms with Crippen molar-refractivity contribution in [3.05, 3.63) is 66.2 Å². The third-order valence-corrected chi connectivity index (χ3v) is 5.41. The molecule has 0 aliphatic carbocycles. The van der Waals surface area contributed by atoms with Gasteiger partial charge in [0.15, 0.2) is 0 Å². The fourth-order valence-electron chi connectivity index (χ4n) is 3.52. The maximum Gasteiger partial charge on any atom is 0.410 e. The van der Waals surface area contributed by atoms with Crippen molar-refractivity contribution >= 4 is 23.6 Å². The molecular weight excluding hydrogens is 458 g/mol. The van der Waals surface area contributed by atoms with E-state index in [1.807, 2.05) is 18.2 Å². The highest BCUT2D eigenvalue weighted by molar-refractivity contribution is 5.94. The Balaban J connectivity index is 1.72. The highest BCUT2D eigenvalue weighted by Gasteiger charge is 2.23. The molecular formula is C28H39N3O5. The number of hydrogen-bond donors (Lipinski definition) is 2. The maximum atomic E-state index is 12.7. The van der Waals surface area contributed by atoms with Crippen molar-refractivity contribution in [3.63, 3.8) is 0 Å². The molecule has 2 aromatic carbocycles. The average Bonchev–Trinajstić information content (AvgIpc) is 2.86. The molecule has 2 aromatic rings. The normalized spacial score (nSPS) is 11.0. The molecule has 3 amide bonds. The van der Waals surface area contributed by atoms with Crippen LogP contribution in [0.25, 0.3) is 0 Å². The molecule has 0 aliphatic heterocycles. The van der Waals surface area contributed by atoms with Gasteiger partial charge in [0.25, 0.3) is 11.8 Å². The Morgan fingerprint density at radius 1 is 0.833 bits per heavy atom. The molecule has 0 bridgehead atoms. The lowest BCUT2D eigenvalue weighted by atomic mass is 10.1. The number of unbranched alkanes of at least 4 members (excludes halogenated alkanes) is 4. The van der Waals surface area contributed by atoms with E-state index in [2.05, 4.69) is 5.32 Å². The van der Waals surface area contributed by atoms with Gasteiger partial charge in [0.1, 0.15) is 5.60 Å². The smallest absolute Gasteiger partial charge is 0.410 e. The number of rotatable bonds is 13. The first-order chi connectivity index (χ1) is 17.2. The number of benzene rings is 2. The summed E-state index contributed by atoms with van der Waals surface area (Å²) >= 11 is 0. The van der Waals surface area contributed by atoms with Gasteiger partial charge >= 0.3 is 6.09 Å². The first-order valence-corrected chi connectivity index (χ1v) is 12.6. The van der Waals surface area contributed by atoms with E-state index in [1.54, 1.807) is 63.2 Å². The summed E-state index contributed by atoms with van der Waals surface area (Å²) in [5.74, 6) is -0.556. The van der Waals surface area contributed by atoms with Crippen molar-refractivity contribution in [1.29, 1.82) is 0 Å². The van der Waals surface area contributed by atoms with Gasteiger partial charge in [0, 0.05) is 31.6 Å². The Morgan fingerprint density at radius 2 is 1.42 bits per heavy atom. The Kier molecular flexibility index (Phi) is 11.9. The Labute approximate surface area is 214 Å². The topological polar surface area (TPSA) is 99.2 Å². The van der Waals surface area contributed by atoms with Crippen LogP contribution >= 0.6 is 0 Å². The minimum atomic E-state index is -0.642. The van der Waals surface area contributed by atoms with Gasteiger partial charge < -0.3 is 15.0 Å². The zero-order valence-electron chi connectivity index (χ0n) is 21.6. The van der Waals surface area contributed by atoms with E-state index in [1.165, 1.54) is 4.90 Å². The molecule has 0 saturated heterocycles. The van der Waals surface area contributed by atoms with Crippen LogP contribution in [-0.4, -0.2) is 53.3 Å². The van der Waals surface area contributed by atoms with Gasteiger partial charge in [-0.15, -0.1) is 0 Å². The lowest BCUT2D eigenvalue weighted by Gasteiger charge is -2.27. The zero-order valence-corrected chi connectivity index (χ0v) is 21.6.